The molecule has 0 saturated carbocycles. The van der Waals surface area contributed by atoms with E-state index in [1.165, 1.54) is 0 Å². The maximum atomic E-state index is 6.19. The maximum absolute atomic E-state index is 6.19. The predicted molar refractivity (Wildman–Crippen MR) is 56.0 cm³/mol. The molecule has 1 unspecified atom stereocenters. The molecule has 2 N–H and O–H groups in total. The van der Waals surface area contributed by atoms with Crippen molar-refractivity contribution in [1.29, 1.82) is 0 Å². The highest BCUT2D eigenvalue weighted by Crippen LogP contribution is 2.14. The van der Waals surface area contributed by atoms with Crippen LogP contribution in [-0.4, -0.2) is 29.0 Å². The molecule has 0 bridgehead atoms. The molecule has 0 spiro atoms. The minimum atomic E-state index is -0.266. The van der Waals surface area contributed by atoms with E-state index in [0.29, 0.717) is 6.61 Å². The van der Waals surface area contributed by atoms with Crippen LogP contribution in [-0.2, 0) is 18.2 Å². The molecule has 0 amide bonds. The first-order valence-corrected chi connectivity index (χ1v) is 4.85. The Balaban J connectivity index is 2.64. The SMILES string of the molecule is CCC(N)(COC)Cc1cnn(C)c1. The van der Waals surface area contributed by atoms with Gasteiger partial charge in [-0.15, -0.1) is 0 Å². The van der Waals surface area contributed by atoms with Gasteiger partial charge in [0.15, 0.2) is 0 Å². The van der Waals surface area contributed by atoms with Gasteiger partial charge in [0.2, 0.25) is 0 Å². The lowest BCUT2D eigenvalue weighted by molar-refractivity contribution is 0.129. The summed E-state index contributed by atoms with van der Waals surface area (Å²) in [6.07, 6.45) is 5.56. The number of nitrogens with two attached hydrogens (primary N) is 1. The normalized spacial score (nSPS) is 15.4. The van der Waals surface area contributed by atoms with Gasteiger partial charge in [0.1, 0.15) is 0 Å². The lowest BCUT2D eigenvalue weighted by atomic mass is 9.91. The van der Waals surface area contributed by atoms with Crippen LogP contribution in [0.25, 0.3) is 0 Å². The third kappa shape index (κ3) is 2.82. The van der Waals surface area contributed by atoms with Gasteiger partial charge >= 0.3 is 0 Å². The average molecular weight is 197 g/mol. The van der Waals surface area contributed by atoms with Gasteiger partial charge in [-0.25, -0.2) is 0 Å². The summed E-state index contributed by atoms with van der Waals surface area (Å²) in [5.41, 5.74) is 7.08. The first-order valence-electron chi connectivity index (χ1n) is 4.85. The molecule has 0 radical (unpaired) electrons. The van der Waals surface area contributed by atoms with E-state index in [1.807, 2.05) is 19.4 Å². The Morgan fingerprint density at radius 2 is 2.36 bits per heavy atom. The summed E-state index contributed by atoms with van der Waals surface area (Å²) in [6.45, 7) is 2.66. The van der Waals surface area contributed by atoms with Gasteiger partial charge < -0.3 is 10.5 Å². The molecule has 0 aliphatic heterocycles. The number of rotatable bonds is 5. The van der Waals surface area contributed by atoms with Gasteiger partial charge in [0.05, 0.1) is 12.8 Å². The van der Waals surface area contributed by atoms with Crippen molar-refractivity contribution >= 4 is 0 Å². The van der Waals surface area contributed by atoms with Crippen LogP contribution in [0.15, 0.2) is 12.4 Å². The average Bonchev–Trinajstić information content (AvgIpc) is 2.51. The van der Waals surface area contributed by atoms with Crippen molar-refractivity contribution < 1.29 is 4.74 Å². The maximum Gasteiger partial charge on any atom is 0.0645 e. The van der Waals surface area contributed by atoms with Gasteiger partial charge in [-0.1, -0.05) is 6.92 Å². The first-order chi connectivity index (χ1) is 6.59. The van der Waals surface area contributed by atoms with Crippen LogP contribution < -0.4 is 5.73 Å². The number of aromatic nitrogens is 2. The Bertz CT molecular complexity index is 285. The Kier molecular flexibility index (Phi) is 3.66. The molecular weight excluding hydrogens is 178 g/mol. The molecule has 4 nitrogen and oxygen atoms in total. The third-order valence-corrected chi connectivity index (χ3v) is 2.45. The molecule has 1 atom stereocenters. The molecule has 0 saturated heterocycles. The predicted octanol–water partition coefficient (Wildman–Crippen LogP) is 0.716. The van der Waals surface area contributed by atoms with E-state index in [1.54, 1.807) is 11.8 Å². The number of aryl methyl sites for hydroxylation is 1. The largest absolute Gasteiger partial charge is 0.383 e. The van der Waals surface area contributed by atoms with Crippen molar-refractivity contribution in [2.45, 2.75) is 25.3 Å². The van der Waals surface area contributed by atoms with Crippen molar-refractivity contribution in [3.8, 4) is 0 Å². The molecule has 80 valence electrons. The molecule has 1 heterocycles. The molecule has 1 aromatic heterocycles. The highest BCUT2D eigenvalue weighted by Gasteiger charge is 2.23. The van der Waals surface area contributed by atoms with Gasteiger partial charge in [0.25, 0.3) is 0 Å². The molecule has 0 aromatic carbocycles. The molecule has 1 aromatic rings. The van der Waals surface area contributed by atoms with E-state index in [-0.39, 0.29) is 5.54 Å². The second-order valence-corrected chi connectivity index (χ2v) is 3.85. The lowest BCUT2D eigenvalue weighted by Crippen LogP contribution is -2.45. The number of nitrogens with zero attached hydrogens (tertiary/aromatic N) is 2. The number of methoxy groups -OCH3 is 1. The summed E-state index contributed by atoms with van der Waals surface area (Å²) in [4.78, 5) is 0. The summed E-state index contributed by atoms with van der Waals surface area (Å²) in [5.74, 6) is 0. The highest BCUT2D eigenvalue weighted by molar-refractivity contribution is 5.09. The zero-order valence-electron chi connectivity index (χ0n) is 9.16. The van der Waals surface area contributed by atoms with Gasteiger partial charge in [-0.05, 0) is 18.4 Å². The third-order valence-electron chi connectivity index (χ3n) is 2.45. The van der Waals surface area contributed by atoms with Crippen LogP contribution in [0, 0.1) is 0 Å². The van der Waals surface area contributed by atoms with E-state index in [2.05, 4.69) is 12.0 Å². The second kappa shape index (κ2) is 4.57. The first kappa shape index (κ1) is 11.2. The van der Waals surface area contributed by atoms with Crippen LogP contribution in [0.3, 0.4) is 0 Å². The molecule has 14 heavy (non-hydrogen) atoms. The summed E-state index contributed by atoms with van der Waals surface area (Å²) >= 11 is 0. The zero-order valence-corrected chi connectivity index (χ0v) is 9.16. The number of hydrogen-bond donors (Lipinski definition) is 1. The Morgan fingerprint density at radius 3 is 2.79 bits per heavy atom. The van der Waals surface area contributed by atoms with Crippen molar-refractivity contribution in [2.75, 3.05) is 13.7 Å². The van der Waals surface area contributed by atoms with Crippen molar-refractivity contribution in [3.63, 3.8) is 0 Å². The van der Waals surface area contributed by atoms with Crippen LogP contribution in [0.2, 0.25) is 0 Å². The lowest BCUT2D eigenvalue weighted by Gasteiger charge is -2.26. The number of hydrogen-bond acceptors (Lipinski definition) is 3. The van der Waals surface area contributed by atoms with E-state index in [4.69, 9.17) is 10.5 Å². The molecule has 0 aliphatic rings. The minimum absolute atomic E-state index is 0.266. The molecule has 1 rings (SSSR count). The fraction of sp³-hybridized carbons (Fsp3) is 0.700. The molecule has 4 heteroatoms. The van der Waals surface area contributed by atoms with Crippen LogP contribution in [0.4, 0.5) is 0 Å². The summed E-state index contributed by atoms with van der Waals surface area (Å²) < 4.78 is 6.91. The summed E-state index contributed by atoms with van der Waals surface area (Å²) in [5, 5.41) is 4.12. The fourth-order valence-corrected chi connectivity index (χ4v) is 1.54. The monoisotopic (exact) mass is 197 g/mol. The molecular formula is C10H19N3O. The zero-order chi connectivity index (χ0) is 10.6. The Labute approximate surface area is 85.0 Å². The van der Waals surface area contributed by atoms with E-state index in [9.17, 15) is 0 Å². The van der Waals surface area contributed by atoms with Crippen molar-refractivity contribution in [2.24, 2.45) is 12.8 Å². The molecule has 0 fully saturated rings. The van der Waals surface area contributed by atoms with E-state index >= 15 is 0 Å². The summed E-state index contributed by atoms with van der Waals surface area (Å²) in [6, 6.07) is 0. The standard InChI is InChI=1S/C10H19N3O/c1-4-10(11,8-14-3)5-9-6-12-13(2)7-9/h6-7H,4-5,8,11H2,1-3H3. The smallest absolute Gasteiger partial charge is 0.0645 e. The van der Waals surface area contributed by atoms with Crippen molar-refractivity contribution in [1.82, 2.24) is 9.78 Å². The fourth-order valence-electron chi connectivity index (χ4n) is 1.54. The highest BCUT2D eigenvalue weighted by atomic mass is 16.5. The van der Waals surface area contributed by atoms with Gasteiger partial charge in [-0.3, -0.25) is 4.68 Å². The minimum Gasteiger partial charge on any atom is -0.383 e. The van der Waals surface area contributed by atoms with E-state index in [0.717, 1.165) is 18.4 Å². The van der Waals surface area contributed by atoms with Crippen LogP contribution in [0.1, 0.15) is 18.9 Å². The Hall–Kier alpha value is -0.870. The van der Waals surface area contributed by atoms with Crippen LogP contribution in [0.5, 0.6) is 0 Å². The van der Waals surface area contributed by atoms with Gasteiger partial charge in [-0.2, -0.15) is 5.10 Å². The molecule has 0 aliphatic carbocycles. The van der Waals surface area contributed by atoms with Crippen LogP contribution >= 0.6 is 0 Å². The van der Waals surface area contributed by atoms with E-state index < -0.39 is 0 Å². The number of ether oxygens (including phenoxy) is 1. The Morgan fingerprint density at radius 1 is 1.64 bits per heavy atom. The second-order valence-electron chi connectivity index (χ2n) is 3.85. The van der Waals surface area contributed by atoms with Crippen molar-refractivity contribution in [3.05, 3.63) is 18.0 Å². The van der Waals surface area contributed by atoms with Gasteiger partial charge in [0, 0.05) is 25.9 Å². The summed E-state index contributed by atoms with van der Waals surface area (Å²) in [7, 11) is 3.59. The topological polar surface area (TPSA) is 53.1 Å². The quantitative estimate of drug-likeness (QED) is 0.756.